The number of anilines is 1. The van der Waals surface area contributed by atoms with Gasteiger partial charge in [-0.05, 0) is 30.9 Å². The smallest absolute Gasteiger partial charge is 0.423 e. The first kappa shape index (κ1) is 17.6. The number of hydrogen-bond acceptors (Lipinski definition) is 4. The van der Waals surface area contributed by atoms with Gasteiger partial charge in [0.05, 0.1) is 6.10 Å². The lowest BCUT2D eigenvalue weighted by Crippen LogP contribution is -2.36. The lowest BCUT2D eigenvalue weighted by atomic mass is 9.77. The van der Waals surface area contributed by atoms with Gasteiger partial charge >= 0.3 is 19.5 Å². The SMILES string of the molecule is Cc1ccc(NC(=O)N2CCC(OC(F)(F)F)C2)cc1B(O)O. The van der Waals surface area contributed by atoms with Gasteiger partial charge in [0.2, 0.25) is 0 Å². The summed E-state index contributed by atoms with van der Waals surface area (Å²) in [6.07, 6.45) is -5.70. The van der Waals surface area contributed by atoms with Crippen LogP contribution in [-0.4, -0.2) is 53.7 Å². The molecule has 126 valence electrons. The highest BCUT2D eigenvalue weighted by Gasteiger charge is 2.37. The van der Waals surface area contributed by atoms with Crippen molar-refractivity contribution in [2.24, 2.45) is 0 Å². The second kappa shape index (κ2) is 6.77. The molecule has 1 heterocycles. The number of amides is 2. The van der Waals surface area contributed by atoms with Crippen molar-refractivity contribution in [2.75, 3.05) is 18.4 Å². The number of likely N-dealkylation sites (tertiary alicyclic amines) is 1. The van der Waals surface area contributed by atoms with Crippen molar-refractivity contribution in [2.45, 2.75) is 25.8 Å². The zero-order chi connectivity index (χ0) is 17.2. The maximum Gasteiger partial charge on any atom is 0.522 e. The normalized spacial score (nSPS) is 18.2. The van der Waals surface area contributed by atoms with Crippen molar-refractivity contribution in [3.63, 3.8) is 0 Å². The zero-order valence-corrected chi connectivity index (χ0v) is 12.3. The monoisotopic (exact) mass is 332 g/mol. The Balaban J connectivity index is 1.97. The van der Waals surface area contributed by atoms with Crippen LogP contribution in [0, 0.1) is 6.92 Å². The number of hydrogen-bond donors (Lipinski definition) is 3. The second-order valence-electron chi connectivity index (χ2n) is 5.30. The molecule has 1 aromatic rings. The Kier molecular flexibility index (Phi) is 5.17. The van der Waals surface area contributed by atoms with Crippen LogP contribution in [0.25, 0.3) is 0 Å². The molecule has 0 aromatic heterocycles. The molecule has 1 aliphatic rings. The number of carbonyl (C=O) groups is 1. The molecule has 1 aromatic carbocycles. The fraction of sp³-hybridized carbons (Fsp3) is 0.462. The molecule has 0 saturated carbocycles. The first-order valence-electron chi connectivity index (χ1n) is 6.93. The number of carbonyl (C=O) groups excluding carboxylic acids is 1. The van der Waals surface area contributed by atoms with Gasteiger partial charge in [-0.2, -0.15) is 0 Å². The maximum atomic E-state index is 12.2. The van der Waals surface area contributed by atoms with Crippen LogP contribution >= 0.6 is 0 Å². The Morgan fingerprint density at radius 3 is 2.74 bits per heavy atom. The number of benzene rings is 1. The highest BCUT2D eigenvalue weighted by atomic mass is 19.4. The summed E-state index contributed by atoms with van der Waals surface area (Å²) in [5, 5.41) is 21.0. The Bertz CT molecular complexity index is 583. The Morgan fingerprint density at radius 2 is 2.13 bits per heavy atom. The minimum absolute atomic E-state index is 0.0986. The average Bonchev–Trinajstić information content (AvgIpc) is 2.87. The van der Waals surface area contributed by atoms with E-state index in [0.29, 0.717) is 11.3 Å². The van der Waals surface area contributed by atoms with Crippen molar-refractivity contribution < 1.29 is 32.8 Å². The lowest BCUT2D eigenvalue weighted by Gasteiger charge is -2.18. The maximum absolute atomic E-state index is 12.2. The first-order valence-corrected chi connectivity index (χ1v) is 6.93. The molecule has 23 heavy (non-hydrogen) atoms. The van der Waals surface area contributed by atoms with E-state index in [0.717, 1.165) is 0 Å². The molecule has 1 saturated heterocycles. The first-order chi connectivity index (χ1) is 10.7. The number of halogens is 3. The second-order valence-corrected chi connectivity index (χ2v) is 5.30. The van der Waals surface area contributed by atoms with Gasteiger partial charge in [-0.15, -0.1) is 13.2 Å². The van der Waals surface area contributed by atoms with E-state index in [1.807, 2.05) is 0 Å². The lowest BCUT2D eigenvalue weighted by molar-refractivity contribution is -0.340. The Morgan fingerprint density at radius 1 is 1.43 bits per heavy atom. The summed E-state index contributed by atoms with van der Waals surface area (Å²) in [4.78, 5) is 13.3. The van der Waals surface area contributed by atoms with Gasteiger partial charge in [0, 0.05) is 18.8 Å². The van der Waals surface area contributed by atoms with Crippen molar-refractivity contribution in [1.29, 1.82) is 0 Å². The van der Waals surface area contributed by atoms with Crippen LogP contribution in [0.1, 0.15) is 12.0 Å². The van der Waals surface area contributed by atoms with E-state index in [-0.39, 0.29) is 25.0 Å². The van der Waals surface area contributed by atoms with Crippen LogP contribution in [0.5, 0.6) is 0 Å². The van der Waals surface area contributed by atoms with Gasteiger partial charge in [0.1, 0.15) is 0 Å². The molecule has 1 aliphatic heterocycles. The largest absolute Gasteiger partial charge is 0.522 e. The van der Waals surface area contributed by atoms with Crippen molar-refractivity contribution in [1.82, 2.24) is 4.90 Å². The van der Waals surface area contributed by atoms with Crippen LogP contribution in [0.3, 0.4) is 0 Å². The Hall–Kier alpha value is -1.78. The molecule has 6 nitrogen and oxygen atoms in total. The molecule has 10 heteroatoms. The molecule has 2 amide bonds. The molecular formula is C13H16BF3N2O4. The van der Waals surface area contributed by atoms with Crippen LogP contribution in [-0.2, 0) is 4.74 Å². The number of aryl methyl sites for hydroxylation is 1. The minimum Gasteiger partial charge on any atom is -0.423 e. The van der Waals surface area contributed by atoms with Gasteiger partial charge in [-0.3, -0.25) is 4.74 Å². The average molecular weight is 332 g/mol. The molecule has 0 bridgehead atoms. The van der Waals surface area contributed by atoms with Crippen molar-refractivity contribution >= 4 is 24.3 Å². The van der Waals surface area contributed by atoms with E-state index in [4.69, 9.17) is 0 Å². The van der Waals surface area contributed by atoms with Gasteiger partial charge in [-0.1, -0.05) is 11.6 Å². The number of ether oxygens (including phenoxy) is 1. The molecule has 0 aliphatic carbocycles. The summed E-state index contributed by atoms with van der Waals surface area (Å²) in [5.41, 5.74) is 1.20. The summed E-state index contributed by atoms with van der Waals surface area (Å²) in [6.45, 7) is 1.67. The van der Waals surface area contributed by atoms with E-state index in [1.165, 1.54) is 11.0 Å². The zero-order valence-electron chi connectivity index (χ0n) is 12.3. The minimum atomic E-state index is -4.72. The van der Waals surface area contributed by atoms with E-state index >= 15 is 0 Å². The molecule has 3 N–H and O–H groups in total. The van der Waals surface area contributed by atoms with E-state index in [2.05, 4.69) is 10.1 Å². The standard InChI is InChI=1S/C13H16BF3N2O4/c1-8-2-3-9(6-11(8)14(21)22)18-12(20)19-5-4-10(7-19)23-13(15,16)17/h2-3,6,10,21-22H,4-5,7H2,1H3,(H,18,20). The fourth-order valence-corrected chi connectivity index (χ4v) is 2.40. The highest BCUT2D eigenvalue weighted by molar-refractivity contribution is 6.59. The van der Waals surface area contributed by atoms with Gasteiger partial charge in [0.25, 0.3) is 0 Å². The quantitative estimate of drug-likeness (QED) is 0.716. The molecule has 1 atom stereocenters. The summed E-state index contributed by atoms with van der Waals surface area (Å²) in [6, 6.07) is 4.00. The van der Waals surface area contributed by atoms with Crippen LogP contribution in [0.2, 0.25) is 0 Å². The molecule has 1 unspecified atom stereocenters. The van der Waals surface area contributed by atoms with Crippen molar-refractivity contribution in [3.05, 3.63) is 23.8 Å². The molecule has 2 rings (SSSR count). The highest BCUT2D eigenvalue weighted by Crippen LogP contribution is 2.24. The van der Waals surface area contributed by atoms with Crippen LogP contribution < -0.4 is 10.8 Å². The van der Waals surface area contributed by atoms with Crippen LogP contribution in [0.4, 0.5) is 23.7 Å². The topological polar surface area (TPSA) is 82.0 Å². The Labute approximate surface area is 131 Å². The van der Waals surface area contributed by atoms with E-state index < -0.39 is 25.6 Å². The van der Waals surface area contributed by atoms with Crippen molar-refractivity contribution in [3.8, 4) is 0 Å². The van der Waals surface area contributed by atoms with Crippen LogP contribution in [0.15, 0.2) is 18.2 Å². The van der Waals surface area contributed by atoms with Gasteiger partial charge in [0.15, 0.2) is 0 Å². The number of nitrogens with zero attached hydrogens (tertiary/aromatic N) is 1. The molecule has 0 radical (unpaired) electrons. The molecular weight excluding hydrogens is 316 g/mol. The fourth-order valence-electron chi connectivity index (χ4n) is 2.40. The van der Waals surface area contributed by atoms with Gasteiger partial charge in [-0.25, -0.2) is 4.79 Å². The predicted molar refractivity (Wildman–Crippen MR) is 77.1 cm³/mol. The number of alkyl halides is 3. The summed E-state index contributed by atoms with van der Waals surface area (Å²) in [7, 11) is -1.68. The summed E-state index contributed by atoms with van der Waals surface area (Å²) in [5.74, 6) is 0. The molecule has 0 spiro atoms. The third kappa shape index (κ3) is 4.85. The molecule has 1 fully saturated rings. The number of rotatable bonds is 3. The number of nitrogens with one attached hydrogen (secondary N) is 1. The van der Waals surface area contributed by atoms with Gasteiger partial charge < -0.3 is 20.3 Å². The van der Waals surface area contributed by atoms with E-state index in [1.54, 1.807) is 19.1 Å². The third-order valence-electron chi connectivity index (χ3n) is 3.54. The number of urea groups is 1. The predicted octanol–water partition coefficient (Wildman–Crippen LogP) is 0.817. The third-order valence-corrected chi connectivity index (χ3v) is 3.54. The van der Waals surface area contributed by atoms with E-state index in [9.17, 15) is 28.0 Å². The summed E-state index contributed by atoms with van der Waals surface area (Å²) >= 11 is 0. The summed E-state index contributed by atoms with van der Waals surface area (Å²) < 4.78 is 40.4.